The number of carboxylic acid groups (broad SMARTS) is 1. The van der Waals surface area contributed by atoms with E-state index in [0.29, 0.717) is 11.4 Å². The quantitative estimate of drug-likeness (QED) is 0.199. The highest BCUT2D eigenvalue weighted by molar-refractivity contribution is 6.01. The molecule has 4 aromatic rings. The molecule has 2 N–H and O–H groups in total. The molecule has 0 aliphatic rings. The fourth-order valence-electron chi connectivity index (χ4n) is 3.44. The van der Waals surface area contributed by atoms with Crippen molar-refractivity contribution in [2.45, 2.75) is 12.2 Å². The Bertz CT molecular complexity index is 1490. The Hall–Kier alpha value is -5.64. The summed E-state index contributed by atoms with van der Waals surface area (Å²) in [6.07, 6.45) is -4.16. The Labute approximate surface area is 228 Å². The van der Waals surface area contributed by atoms with Crippen LogP contribution in [0.3, 0.4) is 0 Å². The molecule has 0 unspecified atom stereocenters. The molecule has 4 aromatic carbocycles. The first-order valence-electron chi connectivity index (χ1n) is 12.0. The average Bonchev–Trinajstić information content (AvgIpc) is 2.99. The summed E-state index contributed by atoms with van der Waals surface area (Å²) in [5.74, 6) is -4.67. The molecular formula is C30H23N3O7. The van der Waals surface area contributed by atoms with E-state index in [1.807, 2.05) is 18.2 Å². The number of nitrogens with zero attached hydrogens (tertiary/aromatic N) is 2. The first-order valence-corrected chi connectivity index (χ1v) is 12.0. The number of nitrogens with one attached hydrogen (secondary N) is 1. The van der Waals surface area contributed by atoms with Crippen LogP contribution in [0.4, 0.5) is 17.1 Å². The van der Waals surface area contributed by atoms with E-state index in [2.05, 4.69) is 15.5 Å². The van der Waals surface area contributed by atoms with Crippen LogP contribution in [0.15, 0.2) is 125 Å². The number of rotatable bonds is 10. The molecule has 0 bridgehead atoms. The Morgan fingerprint density at radius 2 is 1.00 bits per heavy atom. The van der Waals surface area contributed by atoms with E-state index < -0.39 is 36.0 Å². The van der Waals surface area contributed by atoms with Crippen molar-refractivity contribution in [2.75, 3.05) is 5.32 Å². The Morgan fingerprint density at radius 1 is 0.575 bits per heavy atom. The highest BCUT2D eigenvalue weighted by Gasteiger charge is 2.41. The van der Waals surface area contributed by atoms with E-state index in [0.717, 1.165) is 0 Å². The van der Waals surface area contributed by atoms with E-state index in [-0.39, 0.29) is 16.8 Å². The van der Waals surface area contributed by atoms with Crippen LogP contribution < -0.4 is 5.32 Å². The van der Waals surface area contributed by atoms with E-state index in [1.54, 1.807) is 60.7 Å². The maximum Gasteiger partial charge on any atom is 0.349 e. The number of carbonyl (C=O) groups excluding carboxylic acids is 3. The van der Waals surface area contributed by atoms with Crippen molar-refractivity contribution in [1.82, 2.24) is 0 Å². The summed E-state index contributed by atoms with van der Waals surface area (Å²) in [6, 6.07) is 30.6. The van der Waals surface area contributed by atoms with Gasteiger partial charge in [-0.1, -0.05) is 54.6 Å². The Balaban J connectivity index is 1.54. The minimum Gasteiger partial charge on any atom is -0.478 e. The third-order valence-corrected chi connectivity index (χ3v) is 5.44. The summed E-state index contributed by atoms with van der Waals surface area (Å²) < 4.78 is 10.4. The number of benzene rings is 4. The van der Waals surface area contributed by atoms with Gasteiger partial charge in [-0.3, -0.25) is 4.79 Å². The molecule has 0 fully saturated rings. The van der Waals surface area contributed by atoms with Gasteiger partial charge in [0.15, 0.2) is 0 Å². The number of carbonyl (C=O) groups is 4. The standard InChI is InChI=1S/C30H23N3O7/c34-27(31-22-16-18-24(19-17-22)33-32-23-14-8-3-9-15-23)25(39-29(37)20-10-4-1-5-11-20)26(28(35)36)40-30(38)21-12-6-2-7-13-21/h1-19,25-26H,(H,31,34)(H,35,36)/t25-,26-/m1/s1. The lowest BCUT2D eigenvalue weighted by Gasteiger charge is -2.23. The lowest BCUT2D eigenvalue weighted by atomic mass is 10.1. The monoisotopic (exact) mass is 537 g/mol. The Kier molecular flexibility index (Phi) is 9.07. The molecule has 10 heteroatoms. The van der Waals surface area contributed by atoms with E-state index >= 15 is 0 Å². The van der Waals surface area contributed by atoms with Gasteiger partial charge in [0.05, 0.1) is 22.5 Å². The van der Waals surface area contributed by atoms with Crippen LogP contribution in [0.25, 0.3) is 0 Å². The summed E-state index contributed by atoms with van der Waals surface area (Å²) in [4.78, 5) is 50.8. The minimum atomic E-state index is -2.14. The van der Waals surface area contributed by atoms with E-state index in [4.69, 9.17) is 9.47 Å². The minimum absolute atomic E-state index is 0.0579. The fourth-order valence-corrected chi connectivity index (χ4v) is 3.44. The average molecular weight is 538 g/mol. The van der Waals surface area contributed by atoms with Crippen LogP contribution >= 0.6 is 0 Å². The molecule has 200 valence electrons. The summed E-state index contributed by atoms with van der Waals surface area (Å²) in [5, 5.41) is 20.6. The summed E-state index contributed by atoms with van der Waals surface area (Å²) >= 11 is 0. The molecule has 0 heterocycles. The Morgan fingerprint density at radius 3 is 1.48 bits per heavy atom. The summed E-state index contributed by atoms with van der Waals surface area (Å²) in [5.41, 5.74) is 1.54. The van der Waals surface area contributed by atoms with Crippen LogP contribution in [0, 0.1) is 0 Å². The molecule has 0 aliphatic carbocycles. The van der Waals surface area contributed by atoms with Gasteiger partial charge in [0.2, 0.25) is 12.2 Å². The molecule has 4 rings (SSSR count). The number of hydrogen-bond donors (Lipinski definition) is 2. The van der Waals surface area contributed by atoms with Crippen LogP contribution in [0.2, 0.25) is 0 Å². The number of ether oxygens (including phenoxy) is 2. The first kappa shape index (κ1) is 27.4. The van der Waals surface area contributed by atoms with Gasteiger partial charge in [0.25, 0.3) is 5.91 Å². The third-order valence-electron chi connectivity index (χ3n) is 5.44. The zero-order valence-corrected chi connectivity index (χ0v) is 20.9. The van der Waals surface area contributed by atoms with Gasteiger partial charge in [-0.15, -0.1) is 0 Å². The molecule has 0 saturated heterocycles. The first-order chi connectivity index (χ1) is 19.4. The third kappa shape index (κ3) is 7.45. The highest BCUT2D eigenvalue weighted by atomic mass is 16.6. The lowest BCUT2D eigenvalue weighted by molar-refractivity contribution is -0.157. The van der Waals surface area contributed by atoms with Crippen molar-refractivity contribution in [3.05, 3.63) is 126 Å². The van der Waals surface area contributed by atoms with Crippen LogP contribution in [-0.4, -0.2) is 41.1 Å². The maximum absolute atomic E-state index is 13.3. The van der Waals surface area contributed by atoms with Gasteiger partial charge in [-0.25, -0.2) is 14.4 Å². The molecule has 10 nitrogen and oxygen atoms in total. The lowest BCUT2D eigenvalue weighted by Crippen LogP contribution is -2.48. The van der Waals surface area contributed by atoms with Crippen molar-refractivity contribution in [2.24, 2.45) is 10.2 Å². The predicted molar refractivity (Wildman–Crippen MR) is 145 cm³/mol. The molecule has 0 saturated carbocycles. The number of amides is 1. The SMILES string of the molecule is O=C(O[C@@H](C(=O)O)[C@@H](OC(=O)c1ccccc1)C(=O)Nc1ccc(N=Nc2ccccc2)cc1)c1ccccc1. The second-order valence-electron chi connectivity index (χ2n) is 8.29. The van der Waals surface area contributed by atoms with Crippen molar-refractivity contribution < 1.29 is 33.8 Å². The number of aliphatic carboxylic acids is 1. The van der Waals surface area contributed by atoms with Gasteiger partial charge >= 0.3 is 17.9 Å². The number of hydrogen-bond acceptors (Lipinski definition) is 8. The molecule has 0 aliphatic heterocycles. The van der Waals surface area contributed by atoms with Gasteiger partial charge in [-0.05, 0) is 60.7 Å². The highest BCUT2D eigenvalue weighted by Crippen LogP contribution is 2.21. The number of esters is 2. The molecule has 1 amide bonds. The molecule has 40 heavy (non-hydrogen) atoms. The number of carboxylic acids is 1. The predicted octanol–water partition coefficient (Wildman–Crippen LogP) is 5.58. The second-order valence-corrected chi connectivity index (χ2v) is 8.29. The van der Waals surface area contributed by atoms with Crippen molar-refractivity contribution in [3.63, 3.8) is 0 Å². The summed E-state index contributed by atoms with van der Waals surface area (Å²) in [6.45, 7) is 0. The zero-order chi connectivity index (χ0) is 28.3. The molecular weight excluding hydrogens is 514 g/mol. The van der Waals surface area contributed by atoms with Gasteiger partial charge in [0.1, 0.15) is 0 Å². The van der Waals surface area contributed by atoms with Crippen LogP contribution in [-0.2, 0) is 19.1 Å². The maximum atomic E-state index is 13.3. The van der Waals surface area contributed by atoms with Crippen LogP contribution in [0.5, 0.6) is 0 Å². The smallest absolute Gasteiger partial charge is 0.349 e. The van der Waals surface area contributed by atoms with Crippen LogP contribution in [0.1, 0.15) is 20.7 Å². The van der Waals surface area contributed by atoms with Crippen molar-refractivity contribution in [3.8, 4) is 0 Å². The zero-order valence-electron chi connectivity index (χ0n) is 20.9. The molecule has 2 atom stereocenters. The molecule has 0 spiro atoms. The molecule has 0 radical (unpaired) electrons. The normalized spacial score (nSPS) is 12.2. The largest absolute Gasteiger partial charge is 0.478 e. The van der Waals surface area contributed by atoms with E-state index in [9.17, 15) is 24.3 Å². The summed E-state index contributed by atoms with van der Waals surface area (Å²) in [7, 11) is 0. The van der Waals surface area contributed by atoms with Gasteiger partial charge in [0, 0.05) is 5.69 Å². The van der Waals surface area contributed by atoms with Crippen molar-refractivity contribution in [1.29, 1.82) is 0 Å². The second kappa shape index (κ2) is 13.2. The van der Waals surface area contributed by atoms with Crippen molar-refractivity contribution >= 4 is 40.9 Å². The van der Waals surface area contributed by atoms with Gasteiger partial charge < -0.3 is 19.9 Å². The van der Waals surface area contributed by atoms with Gasteiger partial charge in [-0.2, -0.15) is 10.2 Å². The fraction of sp³-hybridized carbons (Fsp3) is 0.0667. The van der Waals surface area contributed by atoms with E-state index in [1.165, 1.54) is 36.4 Å². The topological polar surface area (TPSA) is 144 Å². The molecule has 0 aromatic heterocycles. The number of azo groups is 1. The number of anilines is 1.